The molecule has 1 fully saturated rings. The minimum atomic E-state index is 0.644. The first kappa shape index (κ1) is 15.5. The summed E-state index contributed by atoms with van der Waals surface area (Å²) in [5.41, 5.74) is 2.96. The summed E-state index contributed by atoms with van der Waals surface area (Å²) in [6.45, 7) is 8.60. The predicted molar refractivity (Wildman–Crippen MR) is 85.2 cm³/mol. The minimum Gasteiger partial charge on any atom is -0.381 e. The molecular weight excluding hydrogens is 246 g/mol. The van der Waals surface area contributed by atoms with E-state index in [4.69, 9.17) is 4.74 Å². The van der Waals surface area contributed by atoms with E-state index in [-0.39, 0.29) is 0 Å². The highest BCUT2D eigenvalue weighted by Gasteiger charge is 2.21. The Morgan fingerprint density at radius 1 is 1.25 bits per heavy atom. The van der Waals surface area contributed by atoms with Gasteiger partial charge in [-0.25, -0.2) is 0 Å². The van der Waals surface area contributed by atoms with Gasteiger partial charge in [0.2, 0.25) is 0 Å². The Balaban J connectivity index is 2.01. The molecular formula is C18H29NO. The zero-order valence-corrected chi connectivity index (χ0v) is 13.0. The number of benzene rings is 1. The van der Waals surface area contributed by atoms with E-state index in [0.29, 0.717) is 5.92 Å². The van der Waals surface area contributed by atoms with Crippen molar-refractivity contribution >= 4 is 0 Å². The van der Waals surface area contributed by atoms with Crippen molar-refractivity contribution in [3.63, 3.8) is 0 Å². The van der Waals surface area contributed by atoms with Gasteiger partial charge < -0.3 is 10.1 Å². The molecule has 0 aliphatic carbocycles. The van der Waals surface area contributed by atoms with Gasteiger partial charge in [0, 0.05) is 19.8 Å². The smallest absolute Gasteiger partial charge is 0.0468 e. The molecule has 1 aromatic carbocycles. The van der Waals surface area contributed by atoms with Gasteiger partial charge in [-0.3, -0.25) is 0 Å². The molecule has 2 heteroatoms. The van der Waals surface area contributed by atoms with Gasteiger partial charge >= 0.3 is 0 Å². The Morgan fingerprint density at radius 3 is 2.70 bits per heavy atom. The molecule has 1 aliphatic heterocycles. The monoisotopic (exact) mass is 275 g/mol. The van der Waals surface area contributed by atoms with E-state index in [1.165, 1.54) is 36.8 Å². The summed E-state index contributed by atoms with van der Waals surface area (Å²) in [7, 11) is 0. The maximum atomic E-state index is 5.49. The Kier molecular flexibility index (Phi) is 6.55. The van der Waals surface area contributed by atoms with Crippen molar-refractivity contribution in [3.05, 3.63) is 35.4 Å². The number of nitrogens with one attached hydrogen (secondary N) is 1. The average Bonchev–Trinajstić information content (AvgIpc) is 2.48. The van der Waals surface area contributed by atoms with Crippen molar-refractivity contribution in [1.82, 2.24) is 5.32 Å². The van der Waals surface area contributed by atoms with E-state index >= 15 is 0 Å². The lowest BCUT2D eigenvalue weighted by atomic mass is 9.83. The molecule has 0 spiro atoms. The van der Waals surface area contributed by atoms with Crippen LogP contribution in [0.4, 0.5) is 0 Å². The third-order valence-corrected chi connectivity index (χ3v) is 4.40. The second kappa shape index (κ2) is 8.43. The van der Waals surface area contributed by atoms with Crippen LogP contribution in [0, 0.1) is 12.8 Å². The summed E-state index contributed by atoms with van der Waals surface area (Å²) in [6, 6.07) is 8.88. The number of aryl methyl sites for hydroxylation is 1. The Labute approximate surface area is 123 Å². The molecule has 0 amide bonds. The lowest BCUT2D eigenvalue weighted by molar-refractivity contribution is 0.0616. The van der Waals surface area contributed by atoms with Crippen LogP contribution >= 0.6 is 0 Å². The summed E-state index contributed by atoms with van der Waals surface area (Å²) in [6.07, 6.45) is 4.97. The predicted octanol–water partition coefficient (Wildman–Crippen LogP) is 3.89. The Bertz CT molecular complexity index is 385. The van der Waals surface area contributed by atoms with Crippen LogP contribution < -0.4 is 5.32 Å². The summed E-state index contributed by atoms with van der Waals surface area (Å²) in [5.74, 6) is 1.47. The van der Waals surface area contributed by atoms with E-state index in [9.17, 15) is 0 Å². The van der Waals surface area contributed by atoms with Crippen molar-refractivity contribution in [1.29, 1.82) is 0 Å². The number of hydrogen-bond donors (Lipinski definition) is 1. The molecule has 20 heavy (non-hydrogen) atoms. The van der Waals surface area contributed by atoms with Crippen molar-refractivity contribution in [2.45, 2.75) is 45.4 Å². The fourth-order valence-electron chi connectivity index (χ4n) is 3.20. The summed E-state index contributed by atoms with van der Waals surface area (Å²) >= 11 is 0. The number of ether oxygens (including phenoxy) is 1. The largest absolute Gasteiger partial charge is 0.381 e. The molecule has 1 aliphatic rings. The normalized spacial score (nSPS) is 18.1. The number of rotatable bonds is 7. The molecule has 1 aromatic rings. The first-order valence-corrected chi connectivity index (χ1v) is 8.15. The van der Waals surface area contributed by atoms with E-state index in [1.807, 2.05) is 0 Å². The van der Waals surface area contributed by atoms with Gasteiger partial charge in [0.15, 0.2) is 0 Å². The van der Waals surface area contributed by atoms with Gasteiger partial charge in [0.25, 0.3) is 0 Å². The fourth-order valence-corrected chi connectivity index (χ4v) is 3.20. The van der Waals surface area contributed by atoms with Crippen LogP contribution in [-0.4, -0.2) is 26.3 Å². The molecule has 1 saturated heterocycles. The SMILES string of the molecule is CCCNCC(CC1CCOCC1)c1ccccc1C. The van der Waals surface area contributed by atoms with Crippen LogP contribution in [0.3, 0.4) is 0 Å². The van der Waals surface area contributed by atoms with E-state index in [2.05, 4.69) is 43.4 Å². The second-order valence-corrected chi connectivity index (χ2v) is 6.05. The number of hydrogen-bond acceptors (Lipinski definition) is 2. The topological polar surface area (TPSA) is 21.3 Å². The summed E-state index contributed by atoms with van der Waals surface area (Å²) < 4.78 is 5.49. The van der Waals surface area contributed by atoms with Crippen LogP contribution in [0.25, 0.3) is 0 Å². The van der Waals surface area contributed by atoms with Gasteiger partial charge in [-0.15, -0.1) is 0 Å². The standard InChI is InChI=1S/C18H29NO/c1-3-10-19-14-17(13-16-8-11-20-12-9-16)18-7-5-4-6-15(18)2/h4-7,16-17,19H,3,8-14H2,1-2H3. The van der Waals surface area contributed by atoms with E-state index in [0.717, 1.165) is 32.2 Å². The van der Waals surface area contributed by atoms with Crippen LogP contribution in [0.2, 0.25) is 0 Å². The lowest BCUT2D eigenvalue weighted by Crippen LogP contribution is -2.26. The zero-order valence-electron chi connectivity index (χ0n) is 13.0. The van der Waals surface area contributed by atoms with Gasteiger partial charge in [-0.2, -0.15) is 0 Å². The van der Waals surface area contributed by atoms with Gasteiger partial charge in [-0.1, -0.05) is 31.2 Å². The van der Waals surface area contributed by atoms with Crippen molar-refractivity contribution < 1.29 is 4.74 Å². The Morgan fingerprint density at radius 2 is 2.00 bits per heavy atom. The maximum absolute atomic E-state index is 5.49. The molecule has 112 valence electrons. The van der Waals surface area contributed by atoms with Gasteiger partial charge in [-0.05, 0) is 62.1 Å². The second-order valence-electron chi connectivity index (χ2n) is 6.05. The summed E-state index contributed by atoms with van der Waals surface area (Å²) in [5, 5.41) is 3.62. The molecule has 1 atom stereocenters. The molecule has 0 saturated carbocycles. The molecule has 0 aromatic heterocycles. The third-order valence-electron chi connectivity index (χ3n) is 4.40. The molecule has 1 heterocycles. The van der Waals surface area contributed by atoms with Gasteiger partial charge in [0.1, 0.15) is 0 Å². The van der Waals surface area contributed by atoms with Crippen molar-refractivity contribution in [2.75, 3.05) is 26.3 Å². The molecule has 0 bridgehead atoms. The molecule has 1 N–H and O–H groups in total. The summed E-state index contributed by atoms with van der Waals surface area (Å²) in [4.78, 5) is 0. The first-order valence-electron chi connectivity index (χ1n) is 8.15. The van der Waals surface area contributed by atoms with Gasteiger partial charge in [0.05, 0.1) is 0 Å². The van der Waals surface area contributed by atoms with Crippen molar-refractivity contribution in [3.8, 4) is 0 Å². The van der Waals surface area contributed by atoms with E-state index in [1.54, 1.807) is 0 Å². The Hall–Kier alpha value is -0.860. The van der Waals surface area contributed by atoms with Crippen LogP contribution in [0.5, 0.6) is 0 Å². The van der Waals surface area contributed by atoms with Crippen LogP contribution in [0.1, 0.15) is 49.7 Å². The van der Waals surface area contributed by atoms with Crippen LogP contribution in [-0.2, 0) is 4.74 Å². The third kappa shape index (κ3) is 4.60. The minimum absolute atomic E-state index is 0.644. The average molecular weight is 275 g/mol. The highest BCUT2D eigenvalue weighted by molar-refractivity contribution is 5.29. The van der Waals surface area contributed by atoms with Crippen LogP contribution in [0.15, 0.2) is 24.3 Å². The highest BCUT2D eigenvalue weighted by atomic mass is 16.5. The lowest BCUT2D eigenvalue weighted by Gasteiger charge is -2.28. The van der Waals surface area contributed by atoms with E-state index < -0.39 is 0 Å². The molecule has 1 unspecified atom stereocenters. The molecule has 2 rings (SSSR count). The quantitative estimate of drug-likeness (QED) is 0.762. The van der Waals surface area contributed by atoms with Crippen molar-refractivity contribution in [2.24, 2.45) is 5.92 Å². The molecule has 2 nitrogen and oxygen atoms in total. The maximum Gasteiger partial charge on any atom is 0.0468 e. The first-order chi connectivity index (χ1) is 9.81. The molecule has 0 radical (unpaired) electrons. The highest BCUT2D eigenvalue weighted by Crippen LogP contribution is 2.30. The fraction of sp³-hybridized carbons (Fsp3) is 0.667. The zero-order chi connectivity index (χ0) is 14.2.